The molecule has 1 fully saturated rings. The van der Waals surface area contributed by atoms with E-state index in [9.17, 15) is 0 Å². The van der Waals surface area contributed by atoms with Gasteiger partial charge < -0.3 is 9.80 Å². The van der Waals surface area contributed by atoms with Crippen LogP contribution in [0.4, 0.5) is 17.1 Å². The lowest BCUT2D eigenvalue weighted by atomic mass is 10.1. The lowest BCUT2D eigenvalue weighted by Crippen LogP contribution is -2.47. The molecular formula is C18H19ClN4. The monoisotopic (exact) mass is 326 g/mol. The van der Waals surface area contributed by atoms with Crippen molar-refractivity contribution in [2.75, 3.05) is 37.6 Å². The van der Waals surface area contributed by atoms with Gasteiger partial charge in [0.05, 0.1) is 17.1 Å². The van der Waals surface area contributed by atoms with Crippen molar-refractivity contribution >= 4 is 34.7 Å². The molecule has 0 aromatic heterocycles. The number of piperazine rings is 1. The molecule has 0 bridgehead atoms. The lowest BCUT2D eigenvalue weighted by molar-refractivity contribution is 0.216. The molecule has 0 spiro atoms. The molecule has 0 radical (unpaired) electrons. The van der Waals surface area contributed by atoms with Crippen molar-refractivity contribution in [3.05, 3.63) is 54.1 Å². The van der Waals surface area contributed by atoms with Crippen LogP contribution in [0.2, 0.25) is 0 Å². The maximum Gasteiger partial charge on any atom is 0.138 e. The zero-order valence-corrected chi connectivity index (χ0v) is 13.9. The molecule has 5 heteroatoms. The molecule has 2 aliphatic heterocycles. The molecule has 2 aliphatic rings. The molecule has 2 heterocycles. The van der Waals surface area contributed by atoms with Crippen LogP contribution in [0.5, 0.6) is 0 Å². The quantitative estimate of drug-likeness (QED) is 0.690. The van der Waals surface area contributed by atoms with E-state index < -0.39 is 0 Å². The number of halogens is 1. The Labute approximate surface area is 141 Å². The highest BCUT2D eigenvalue weighted by Gasteiger charge is 2.26. The summed E-state index contributed by atoms with van der Waals surface area (Å²) in [5.74, 6) is 1.02. The van der Waals surface area contributed by atoms with Crippen LogP contribution in [-0.4, -0.2) is 48.9 Å². The second-order valence-electron chi connectivity index (χ2n) is 6.01. The summed E-state index contributed by atoms with van der Waals surface area (Å²) in [5.41, 5.74) is 3.90. The van der Waals surface area contributed by atoms with Gasteiger partial charge in [0.15, 0.2) is 0 Å². The van der Waals surface area contributed by atoms with Gasteiger partial charge in [0.1, 0.15) is 5.84 Å². The van der Waals surface area contributed by atoms with Gasteiger partial charge in [-0.1, -0.05) is 24.3 Å². The van der Waals surface area contributed by atoms with Gasteiger partial charge in [-0.25, -0.2) is 4.99 Å². The van der Waals surface area contributed by atoms with Crippen molar-refractivity contribution < 1.29 is 0 Å². The standard InChI is InChI=1S/C18H19ClN4/c1-21-10-12-22(13-11-21)18-14-6-2-4-8-16(14)23(19)17-9-5-3-7-15(17)20-18/h2-9H,10-13H2,1H3. The van der Waals surface area contributed by atoms with Crippen LogP contribution in [0.1, 0.15) is 5.56 Å². The van der Waals surface area contributed by atoms with E-state index >= 15 is 0 Å². The van der Waals surface area contributed by atoms with E-state index in [-0.39, 0.29) is 0 Å². The van der Waals surface area contributed by atoms with Crippen molar-refractivity contribution in [1.29, 1.82) is 0 Å². The summed E-state index contributed by atoms with van der Waals surface area (Å²) in [7, 11) is 2.16. The maximum absolute atomic E-state index is 6.64. The van der Waals surface area contributed by atoms with Gasteiger partial charge in [-0.15, -0.1) is 0 Å². The first-order valence-corrected chi connectivity index (χ1v) is 8.24. The molecule has 118 valence electrons. The summed E-state index contributed by atoms with van der Waals surface area (Å²) in [5, 5.41) is 0. The number of hydrogen-bond acceptors (Lipinski definition) is 4. The summed E-state index contributed by atoms with van der Waals surface area (Å²) in [4.78, 5) is 9.69. The highest BCUT2D eigenvalue weighted by molar-refractivity contribution is 6.32. The minimum atomic E-state index is 0.910. The Morgan fingerprint density at radius 2 is 1.52 bits per heavy atom. The number of hydrogen-bond donors (Lipinski definition) is 0. The van der Waals surface area contributed by atoms with Crippen LogP contribution >= 0.6 is 11.8 Å². The molecular weight excluding hydrogens is 308 g/mol. The number of fused-ring (bicyclic) bond motifs is 2. The number of rotatable bonds is 0. The van der Waals surface area contributed by atoms with Crippen molar-refractivity contribution in [3.63, 3.8) is 0 Å². The Hall–Kier alpha value is -2.04. The third-order valence-corrected chi connectivity index (χ3v) is 4.84. The van der Waals surface area contributed by atoms with E-state index in [2.05, 4.69) is 29.0 Å². The third kappa shape index (κ3) is 2.58. The van der Waals surface area contributed by atoms with Crippen molar-refractivity contribution in [2.45, 2.75) is 0 Å². The molecule has 0 atom stereocenters. The number of likely N-dealkylation sites (N-methyl/N-ethyl adjacent to an activating group) is 1. The highest BCUT2D eigenvalue weighted by Crippen LogP contribution is 2.41. The van der Waals surface area contributed by atoms with E-state index in [0.29, 0.717) is 0 Å². The fourth-order valence-corrected chi connectivity index (χ4v) is 3.41. The molecule has 4 rings (SSSR count). The molecule has 1 saturated heterocycles. The summed E-state index contributed by atoms with van der Waals surface area (Å²) >= 11 is 6.64. The highest BCUT2D eigenvalue weighted by atomic mass is 35.5. The Kier molecular flexibility index (Phi) is 3.71. The van der Waals surface area contributed by atoms with Crippen molar-refractivity contribution in [1.82, 2.24) is 9.80 Å². The minimum Gasteiger partial charge on any atom is -0.353 e. The summed E-state index contributed by atoms with van der Waals surface area (Å²) in [6.07, 6.45) is 0. The zero-order valence-electron chi connectivity index (χ0n) is 13.1. The second-order valence-corrected chi connectivity index (χ2v) is 6.35. The van der Waals surface area contributed by atoms with Gasteiger partial charge in [-0.2, -0.15) is 0 Å². The van der Waals surface area contributed by atoms with E-state index in [1.54, 1.807) is 4.42 Å². The Morgan fingerprint density at radius 1 is 0.870 bits per heavy atom. The maximum atomic E-state index is 6.64. The lowest BCUT2D eigenvalue weighted by Gasteiger charge is -2.34. The molecule has 0 unspecified atom stereocenters. The largest absolute Gasteiger partial charge is 0.353 e. The van der Waals surface area contributed by atoms with E-state index in [4.69, 9.17) is 16.8 Å². The predicted molar refractivity (Wildman–Crippen MR) is 96.1 cm³/mol. The Bertz CT molecular complexity index is 750. The smallest absolute Gasteiger partial charge is 0.138 e. The van der Waals surface area contributed by atoms with Gasteiger partial charge >= 0.3 is 0 Å². The van der Waals surface area contributed by atoms with Gasteiger partial charge in [0.2, 0.25) is 0 Å². The van der Waals surface area contributed by atoms with Gasteiger partial charge in [0.25, 0.3) is 0 Å². The number of nitrogens with zero attached hydrogens (tertiary/aromatic N) is 4. The third-order valence-electron chi connectivity index (χ3n) is 4.48. The summed E-state index contributed by atoms with van der Waals surface area (Å²) in [6.45, 7) is 4.06. The average Bonchev–Trinajstić information content (AvgIpc) is 2.72. The van der Waals surface area contributed by atoms with Crippen molar-refractivity contribution in [3.8, 4) is 0 Å². The molecule has 0 aliphatic carbocycles. The molecule has 23 heavy (non-hydrogen) atoms. The first-order chi connectivity index (χ1) is 11.2. The minimum absolute atomic E-state index is 0.910. The van der Waals surface area contributed by atoms with E-state index in [1.807, 2.05) is 36.4 Å². The van der Waals surface area contributed by atoms with Crippen molar-refractivity contribution in [2.24, 2.45) is 4.99 Å². The molecule has 2 aromatic rings. The first-order valence-electron chi connectivity index (χ1n) is 7.90. The Morgan fingerprint density at radius 3 is 2.30 bits per heavy atom. The number of amidine groups is 1. The zero-order chi connectivity index (χ0) is 15.8. The van der Waals surface area contributed by atoms with E-state index in [0.717, 1.165) is 54.6 Å². The van der Waals surface area contributed by atoms with Gasteiger partial charge in [-0.3, -0.25) is 4.42 Å². The van der Waals surface area contributed by atoms with E-state index in [1.165, 1.54) is 0 Å². The fourth-order valence-electron chi connectivity index (χ4n) is 3.12. The number of anilines is 2. The predicted octanol–water partition coefficient (Wildman–Crippen LogP) is 3.62. The SMILES string of the molecule is CN1CCN(C2=Nc3ccccc3N(Cl)c3ccccc32)CC1. The van der Waals surface area contributed by atoms with Crippen LogP contribution in [0.25, 0.3) is 0 Å². The Balaban J connectivity index is 1.86. The first kappa shape index (κ1) is 14.5. The molecule has 4 nitrogen and oxygen atoms in total. The number of aliphatic imine (C=N–C) groups is 1. The molecule has 2 aromatic carbocycles. The molecule has 0 N–H and O–H groups in total. The fraction of sp³-hybridized carbons (Fsp3) is 0.278. The topological polar surface area (TPSA) is 22.1 Å². The van der Waals surface area contributed by atoms with Crippen LogP contribution in [0, 0.1) is 0 Å². The normalized spacial score (nSPS) is 18.1. The molecule has 0 amide bonds. The average molecular weight is 327 g/mol. The number of benzene rings is 2. The summed E-state index contributed by atoms with van der Waals surface area (Å²) in [6, 6.07) is 16.2. The summed E-state index contributed by atoms with van der Waals surface area (Å²) < 4.78 is 1.72. The van der Waals surface area contributed by atoms with Crippen LogP contribution in [-0.2, 0) is 0 Å². The van der Waals surface area contributed by atoms with Gasteiger partial charge in [-0.05, 0) is 31.3 Å². The van der Waals surface area contributed by atoms with Gasteiger partial charge in [0, 0.05) is 43.5 Å². The van der Waals surface area contributed by atoms with Crippen LogP contribution < -0.4 is 4.42 Å². The number of para-hydroxylation sites is 3. The second kappa shape index (κ2) is 5.87. The molecule has 0 saturated carbocycles. The van der Waals surface area contributed by atoms with Crippen LogP contribution in [0.15, 0.2) is 53.5 Å². The van der Waals surface area contributed by atoms with Crippen LogP contribution in [0.3, 0.4) is 0 Å².